The van der Waals surface area contributed by atoms with Gasteiger partial charge in [0, 0.05) is 36.9 Å². The van der Waals surface area contributed by atoms with Crippen LogP contribution < -0.4 is 5.32 Å². The zero-order valence-electron chi connectivity index (χ0n) is 11.2. The average molecular weight is 301 g/mol. The highest BCUT2D eigenvalue weighted by Gasteiger charge is 2.50. The number of fused-ring (bicyclic) bond motifs is 2. The summed E-state index contributed by atoms with van der Waals surface area (Å²) in [6.07, 6.45) is 3.81. The molecule has 2 aliphatic heterocycles. The van der Waals surface area contributed by atoms with Gasteiger partial charge in [-0.25, -0.2) is 4.98 Å². The normalized spacial score (nSPS) is 23.9. The molecule has 21 heavy (non-hydrogen) atoms. The van der Waals surface area contributed by atoms with E-state index in [4.69, 9.17) is 11.6 Å². The number of hydrogen-bond donors (Lipinski definition) is 1. The third-order valence-corrected chi connectivity index (χ3v) is 4.43. The number of amides is 1. The molecule has 1 atom stereocenters. The quantitative estimate of drug-likeness (QED) is 0.869. The van der Waals surface area contributed by atoms with Crippen molar-refractivity contribution in [3.63, 3.8) is 0 Å². The Morgan fingerprint density at radius 1 is 1.19 bits per heavy atom. The van der Waals surface area contributed by atoms with Gasteiger partial charge in [-0.05, 0) is 17.7 Å². The molecule has 4 rings (SSSR count). The number of carbonyl (C=O) groups is 1. The van der Waals surface area contributed by atoms with E-state index in [0.717, 1.165) is 17.8 Å². The number of hydrogen-bond acceptors (Lipinski definition) is 4. The number of nitrogens with one attached hydrogen (secondary N) is 1. The summed E-state index contributed by atoms with van der Waals surface area (Å²) in [5.41, 5.74) is 1.69. The van der Waals surface area contributed by atoms with Gasteiger partial charge in [0.25, 0.3) is 5.91 Å². The van der Waals surface area contributed by atoms with Crippen LogP contribution in [0, 0.1) is 0 Å². The van der Waals surface area contributed by atoms with Gasteiger partial charge in [0.05, 0.1) is 5.69 Å². The molecule has 1 aromatic heterocycles. The summed E-state index contributed by atoms with van der Waals surface area (Å²) in [5, 5.41) is 4.16. The van der Waals surface area contributed by atoms with E-state index in [1.807, 2.05) is 29.2 Å². The Morgan fingerprint density at radius 2 is 1.95 bits per heavy atom. The number of rotatable bonds is 1. The average Bonchev–Trinajstić information content (AvgIpc) is 2.93. The van der Waals surface area contributed by atoms with E-state index in [2.05, 4.69) is 15.3 Å². The fourth-order valence-corrected chi connectivity index (χ4v) is 3.35. The number of halogens is 1. The lowest BCUT2D eigenvalue weighted by Crippen LogP contribution is -2.56. The van der Waals surface area contributed by atoms with Crippen LogP contribution in [0.3, 0.4) is 0 Å². The largest absolute Gasteiger partial charge is 0.313 e. The van der Waals surface area contributed by atoms with Gasteiger partial charge in [-0.15, -0.1) is 0 Å². The summed E-state index contributed by atoms with van der Waals surface area (Å²) in [4.78, 5) is 23.1. The Balaban J connectivity index is 1.88. The Bertz CT molecular complexity index is 718. The van der Waals surface area contributed by atoms with E-state index < -0.39 is 5.66 Å². The Hall–Kier alpha value is -1.98. The third-order valence-electron chi connectivity index (χ3n) is 4.18. The molecule has 6 heteroatoms. The second kappa shape index (κ2) is 4.51. The van der Waals surface area contributed by atoms with Crippen molar-refractivity contribution in [2.24, 2.45) is 0 Å². The summed E-state index contributed by atoms with van der Waals surface area (Å²) in [6.45, 7) is 1.42. The third kappa shape index (κ3) is 1.78. The highest BCUT2D eigenvalue weighted by Crippen LogP contribution is 2.38. The van der Waals surface area contributed by atoms with Gasteiger partial charge in [0.1, 0.15) is 11.4 Å². The Kier molecular flexibility index (Phi) is 2.74. The van der Waals surface area contributed by atoms with Gasteiger partial charge in [0.15, 0.2) is 0 Å². The molecule has 0 bridgehead atoms. The summed E-state index contributed by atoms with van der Waals surface area (Å²) in [7, 11) is 0. The van der Waals surface area contributed by atoms with E-state index in [1.54, 1.807) is 12.4 Å². The molecule has 2 aliphatic rings. The maximum atomic E-state index is 12.7. The second-order valence-corrected chi connectivity index (χ2v) is 5.72. The highest BCUT2D eigenvalue weighted by atomic mass is 35.5. The summed E-state index contributed by atoms with van der Waals surface area (Å²) >= 11 is 5.98. The molecule has 0 unspecified atom stereocenters. The monoisotopic (exact) mass is 300 g/mol. The minimum absolute atomic E-state index is 0.0655. The fourth-order valence-electron chi connectivity index (χ4n) is 3.22. The van der Waals surface area contributed by atoms with Gasteiger partial charge in [-0.1, -0.05) is 23.7 Å². The van der Waals surface area contributed by atoms with E-state index >= 15 is 0 Å². The summed E-state index contributed by atoms with van der Waals surface area (Å²) in [5.74, 6) is -0.0655. The predicted molar refractivity (Wildman–Crippen MR) is 77.9 cm³/mol. The molecule has 3 heterocycles. The lowest BCUT2D eigenvalue weighted by Gasteiger charge is -2.42. The molecule has 0 spiro atoms. The van der Waals surface area contributed by atoms with Crippen LogP contribution >= 0.6 is 11.6 Å². The molecule has 5 nitrogen and oxygen atoms in total. The smallest absolute Gasteiger partial charge is 0.276 e. The topological polar surface area (TPSA) is 58.1 Å². The van der Waals surface area contributed by atoms with E-state index in [9.17, 15) is 4.79 Å². The molecular formula is C15H13ClN4O. The molecule has 1 saturated heterocycles. The molecule has 1 fully saturated rings. The van der Waals surface area contributed by atoms with E-state index in [1.165, 1.54) is 0 Å². The van der Waals surface area contributed by atoms with Crippen molar-refractivity contribution >= 4 is 17.5 Å². The number of carbonyl (C=O) groups excluding carboxylic acids is 1. The van der Waals surface area contributed by atoms with Crippen LogP contribution in [-0.4, -0.2) is 33.9 Å². The highest BCUT2D eigenvalue weighted by molar-refractivity contribution is 6.30. The second-order valence-electron chi connectivity index (χ2n) is 5.28. The maximum absolute atomic E-state index is 12.7. The van der Waals surface area contributed by atoms with Crippen LogP contribution in [0.25, 0.3) is 0 Å². The minimum atomic E-state index is -0.537. The van der Waals surface area contributed by atoms with Crippen molar-refractivity contribution in [3.8, 4) is 0 Å². The van der Waals surface area contributed by atoms with Crippen LogP contribution in [0.5, 0.6) is 0 Å². The maximum Gasteiger partial charge on any atom is 0.276 e. The molecule has 0 aliphatic carbocycles. The number of nitrogens with zero attached hydrogens (tertiary/aromatic N) is 3. The van der Waals surface area contributed by atoms with Crippen molar-refractivity contribution in [2.75, 3.05) is 13.1 Å². The molecule has 2 aromatic rings. The first-order chi connectivity index (χ1) is 10.2. The summed E-state index contributed by atoms with van der Waals surface area (Å²) in [6, 6.07) is 7.62. The zero-order valence-corrected chi connectivity index (χ0v) is 12.0. The van der Waals surface area contributed by atoms with Gasteiger partial charge < -0.3 is 4.90 Å². The van der Waals surface area contributed by atoms with Crippen molar-refractivity contribution in [1.29, 1.82) is 0 Å². The Labute approximate surface area is 127 Å². The summed E-state index contributed by atoms with van der Waals surface area (Å²) < 4.78 is 0. The number of benzene rings is 1. The van der Waals surface area contributed by atoms with E-state index in [0.29, 0.717) is 23.7 Å². The van der Waals surface area contributed by atoms with Crippen LogP contribution in [-0.2, 0) is 12.1 Å². The standard InChI is InChI=1S/C15H13ClN4O/c16-11-3-1-10(2-4-11)15-9-12-13(18-6-5-17-12)14(21)20(15)8-7-19-15/h1-6,19H,7-9H2/t15-/m0/s1. The first-order valence-electron chi connectivity index (χ1n) is 6.84. The van der Waals surface area contributed by atoms with Gasteiger partial charge in [-0.2, -0.15) is 0 Å². The molecule has 1 N–H and O–H groups in total. The lowest BCUT2D eigenvalue weighted by molar-refractivity contribution is 0.0489. The molecule has 106 valence electrons. The van der Waals surface area contributed by atoms with Gasteiger partial charge in [-0.3, -0.25) is 15.1 Å². The van der Waals surface area contributed by atoms with Crippen molar-refractivity contribution < 1.29 is 4.79 Å². The van der Waals surface area contributed by atoms with E-state index in [-0.39, 0.29) is 5.91 Å². The number of aromatic nitrogens is 2. The van der Waals surface area contributed by atoms with Gasteiger partial charge >= 0.3 is 0 Å². The van der Waals surface area contributed by atoms with Gasteiger partial charge in [0.2, 0.25) is 0 Å². The Morgan fingerprint density at radius 3 is 2.76 bits per heavy atom. The first-order valence-corrected chi connectivity index (χ1v) is 7.21. The van der Waals surface area contributed by atoms with Crippen LogP contribution in [0.4, 0.5) is 0 Å². The van der Waals surface area contributed by atoms with Crippen molar-refractivity contribution in [2.45, 2.75) is 12.1 Å². The molecule has 0 saturated carbocycles. The molecular weight excluding hydrogens is 288 g/mol. The lowest BCUT2D eigenvalue weighted by atomic mass is 9.89. The van der Waals surface area contributed by atoms with Crippen molar-refractivity contribution in [1.82, 2.24) is 20.2 Å². The first kappa shape index (κ1) is 12.7. The molecule has 1 aromatic carbocycles. The van der Waals surface area contributed by atoms with Crippen LogP contribution in [0.2, 0.25) is 5.02 Å². The SMILES string of the molecule is O=C1c2nccnc2C[C@]2(c3ccc(Cl)cc3)NCCN12. The zero-order chi connectivity index (χ0) is 14.4. The predicted octanol–water partition coefficient (Wildman–Crippen LogP) is 1.58. The molecule has 1 amide bonds. The minimum Gasteiger partial charge on any atom is -0.313 e. The van der Waals surface area contributed by atoms with Crippen molar-refractivity contribution in [3.05, 3.63) is 58.6 Å². The fraction of sp³-hybridized carbons (Fsp3) is 0.267. The van der Waals surface area contributed by atoms with Crippen LogP contribution in [0.1, 0.15) is 21.7 Å². The van der Waals surface area contributed by atoms with Crippen LogP contribution in [0.15, 0.2) is 36.7 Å². The molecule has 0 radical (unpaired) electrons.